The summed E-state index contributed by atoms with van der Waals surface area (Å²) in [6.45, 7) is 2.86. The normalized spacial score (nSPS) is 13.8. The second-order valence-corrected chi connectivity index (χ2v) is 4.94. The van der Waals surface area contributed by atoms with Crippen molar-refractivity contribution in [1.29, 1.82) is 0 Å². The largest absolute Gasteiger partial charge is 0.489 e. The molecule has 1 aromatic carbocycles. The maximum Gasteiger partial charge on any atom is 0.377 e. The van der Waals surface area contributed by atoms with Crippen LogP contribution in [0.25, 0.3) is 0 Å². The van der Waals surface area contributed by atoms with Crippen LogP contribution in [0.5, 0.6) is 11.5 Å². The fourth-order valence-corrected chi connectivity index (χ4v) is 2.53. The van der Waals surface area contributed by atoms with Gasteiger partial charge in [-0.3, -0.25) is 4.79 Å². The van der Waals surface area contributed by atoms with Gasteiger partial charge in [-0.25, -0.2) is 4.79 Å². The number of Topliss-reactive ketones (excluding diaryl/α,β-unsaturated/α-hetero) is 1. The smallest absolute Gasteiger partial charge is 0.377 e. The standard InChI is InChI=1S/C13H13BrO5/c1-2-7-8(10(15)13(16)17)6-9(14)12-11(7)18-4-3-5-19-12/h6H,2-5H2,1H3,(H,16,17). The van der Waals surface area contributed by atoms with Crippen molar-refractivity contribution in [3.05, 3.63) is 21.7 Å². The summed E-state index contributed by atoms with van der Waals surface area (Å²) in [4.78, 5) is 22.6. The SMILES string of the molecule is CCc1c(C(=O)C(=O)O)cc(Br)c2c1OCCCO2. The summed E-state index contributed by atoms with van der Waals surface area (Å²) in [5.74, 6) is -1.40. The van der Waals surface area contributed by atoms with Crippen LogP contribution in [0.1, 0.15) is 29.3 Å². The minimum atomic E-state index is -1.48. The molecule has 5 nitrogen and oxygen atoms in total. The molecule has 0 fully saturated rings. The minimum Gasteiger partial charge on any atom is -0.489 e. The molecule has 0 bridgehead atoms. The highest BCUT2D eigenvalue weighted by Crippen LogP contribution is 2.42. The molecule has 0 saturated heterocycles. The molecule has 0 aromatic heterocycles. The van der Waals surface area contributed by atoms with Crippen molar-refractivity contribution in [2.24, 2.45) is 0 Å². The zero-order valence-corrected chi connectivity index (χ0v) is 11.9. The molecule has 1 N–H and O–H groups in total. The molecule has 0 atom stereocenters. The quantitative estimate of drug-likeness (QED) is 0.681. The van der Waals surface area contributed by atoms with Crippen molar-refractivity contribution < 1.29 is 24.2 Å². The third kappa shape index (κ3) is 2.58. The summed E-state index contributed by atoms with van der Waals surface area (Å²) >= 11 is 3.30. The van der Waals surface area contributed by atoms with Gasteiger partial charge in [0.05, 0.1) is 17.7 Å². The molecular formula is C13H13BrO5. The highest BCUT2D eigenvalue weighted by Gasteiger charge is 2.26. The van der Waals surface area contributed by atoms with Gasteiger partial charge in [-0.1, -0.05) is 6.92 Å². The zero-order chi connectivity index (χ0) is 14.0. The Morgan fingerprint density at radius 1 is 1.32 bits per heavy atom. The number of carbonyl (C=O) groups is 2. The lowest BCUT2D eigenvalue weighted by Gasteiger charge is -2.16. The number of carboxylic acids is 1. The Labute approximate surface area is 118 Å². The Bertz CT molecular complexity index is 538. The fraction of sp³-hybridized carbons (Fsp3) is 0.385. The lowest BCUT2D eigenvalue weighted by atomic mass is 9.99. The van der Waals surface area contributed by atoms with Crippen LogP contribution in [-0.4, -0.2) is 30.1 Å². The minimum absolute atomic E-state index is 0.145. The van der Waals surface area contributed by atoms with E-state index in [1.807, 2.05) is 6.92 Å². The Morgan fingerprint density at radius 3 is 2.53 bits per heavy atom. The van der Waals surface area contributed by atoms with Crippen molar-refractivity contribution in [2.45, 2.75) is 19.8 Å². The van der Waals surface area contributed by atoms with Gasteiger partial charge in [0.1, 0.15) is 0 Å². The highest BCUT2D eigenvalue weighted by atomic mass is 79.9. The summed E-state index contributed by atoms with van der Waals surface area (Å²) in [7, 11) is 0. The van der Waals surface area contributed by atoms with E-state index in [1.54, 1.807) is 0 Å². The van der Waals surface area contributed by atoms with E-state index in [4.69, 9.17) is 14.6 Å². The lowest BCUT2D eigenvalue weighted by Crippen LogP contribution is -2.16. The number of ether oxygens (including phenoxy) is 2. The van der Waals surface area contributed by atoms with E-state index in [9.17, 15) is 9.59 Å². The van der Waals surface area contributed by atoms with Crippen LogP contribution in [0.3, 0.4) is 0 Å². The van der Waals surface area contributed by atoms with Crippen LogP contribution in [0.4, 0.5) is 0 Å². The predicted molar refractivity (Wildman–Crippen MR) is 71.1 cm³/mol. The molecule has 6 heteroatoms. The predicted octanol–water partition coefficient (Wildman–Crippen LogP) is 2.44. The molecule has 0 spiro atoms. The molecule has 0 unspecified atom stereocenters. The van der Waals surface area contributed by atoms with Crippen LogP contribution in [-0.2, 0) is 11.2 Å². The van der Waals surface area contributed by atoms with E-state index in [2.05, 4.69) is 15.9 Å². The Morgan fingerprint density at radius 2 is 1.95 bits per heavy atom. The molecule has 0 amide bonds. The summed E-state index contributed by atoms with van der Waals surface area (Å²) < 4.78 is 11.7. The van der Waals surface area contributed by atoms with Gasteiger partial charge in [0.15, 0.2) is 11.5 Å². The molecular weight excluding hydrogens is 316 g/mol. The second-order valence-electron chi connectivity index (χ2n) is 4.08. The molecule has 0 radical (unpaired) electrons. The maximum atomic E-state index is 11.7. The van der Waals surface area contributed by atoms with Crippen molar-refractivity contribution in [3.8, 4) is 11.5 Å². The zero-order valence-electron chi connectivity index (χ0n) is 10.4. The van der Waals surface area contributed by atoms with Crippen LogP contribution < -0.4 is 9.47 Å². The third-order valence-electron chi connectivity index (χ3n) is 2.87. The van der Waals surface area contributed by atoms with E-state index < -0.39 is 11.8 Å². The van der Waals surface area contributed by atoms with Crippen LogP contribution in [0.15, 0.2) is 10.5 Å². The number of rotatable bonds is 3. The number of aliphatic carboxylic acids is 1. The van der Waals surface area contributed by atoms with Crippen molar-refractivity contribution >= 4 is 27.7 Å². The first-order valence-electron chi connectivity index (χ1n) is 5.94. The Balaban J connectivity index is 2.63. The summed E-state index contributed by atoms with van der Waals surface area (Å²) in [6.07, 6.45) is 1.24. The number of ketones is 1. The molecule has 1 aliphatic rings. The Hall–Kier alpha value is -1.56. The van der Waals surface area contributed by atoms with Crippen LogP contribution >= 0.6 is 15.9 Å². The van der Waals surface area contributed by atoms with E-state index in [1.165, 1.54) is 6.07 Å². The third-order valence-corrected chi connectivity index (χ3v) is 3.46. The van der Waals surface area contributed by atoms with Crippen molar-refractivity contribution in [1.82, 2.24) is 0 Å². The first-order valence-corrected chi connectivity index (χ1v) is 6.74. The molecule has 1 aromatic rings. The monoisotopic (exact) mass is 328 g/mol. The van der Waals surface area contributed by atoms with Gasteiger partial charge in [-0.15, -0.1) is 0 Å². The number of fused-ring (bicyclic) bond motifs is 1. The number of carboxylic acid groups (broad SMARTS) is 1. The Kier molecular flexibility index (Phi) is 4.09. The molecule has 0 aliphatic carbocycles. The first-order chi connectivity index (χ1) is 9.06. The summed E-state index contributed by atoms with van der Waals surface area (Å²) in [5.41, 5.74) is 0.721. The maximum absolute atomic E-state index is 11.7. The number of carbonyl (C=O) groups excluding carboxylic acids is 1. The van der Waals surface area contributed by atoms with Gasteiger partial charge in [0.25, 0.3) is 5.78 Å². The van der Waals surface area contributed by atoms with E-state index in [-0.39, 0.29) is 5.56 Å². The average molecular weight is 329 g/mol. The molecule has 1 aliphatic heterocycles. The summed E-state index contributed by atoms with van der Waals surface area (Å²) in [5, 5.41) is 8.87. The van der Waals surface area contributed by atoms with E-state index >= 15 is 0 Å². The molecule has 19 heavy (non-hydrogen) atoms. The van der Waals surface area contributed by atoms with E-state index in [0.717, 1.165) is 6.42 Å². The molecule has 2 rings (SSSR count). The average Bonchev–Trinajstić information content (AvgIpc) is 2.63. The second kappa shape index (κ2) is 5.61. The highest BCUT2D eigenvalue weighted by molar-refractivity contribution is 9.10. The van der Waals surface area contributed by atoms with Crippen molar-refractivity contribution in [3.63, 3.8) is 0 Å². The van der Waals surface area contributed by atoms with Gasteiger partial charge in [0.2, 0.25) is 0 Å². The number of hydrogen-bond donors (Lipinski definition) is 1. The first kappa shape index (κ1) is 13.9. The molecule has 1 heterocycles. The topological polar surface area (TPSA) is 72.8 Å². The van der Waals surface area contributed by atoms with Gasteiger partial charge in [0, 0.05) is 17.5 Å². The number of benzene rings is 1. The van der Waals surface area contributed by atoms with Crippen LogP contribution in [0, 0.1) is 0 Å². The molecule has 102 valence electrons. The summed E-state index contributed by atoms with van der Waals surface area (Å²) in [6, 6.07) is 1.49. The number of halogens is 1. The molecule has 0 saturated carbocycles. The van der Waals surface area contributed by atoms with Gasteiger partial charge in [-0.05, 0) is 28.4 Å². The number of hydrogen-bond acceptors (Lipinski definition) is 4. The lowest BCUT2D eigenvalue weighted by molar-refractivity contribution is -0.131. The van der Waals surface area contributed by atoms with E-state index in [0.29, 0.717) is 41.2 Å². The van der Waals surface area contributed by atoms with Gasteiger partial charge >= 0.3 is 5.97 Å². The fourth-order valence-electron chi connectivity index (χ4n) is 2.01. The van der Waals surface area contributed by atoms with Crippen LogP contribution in [0.2, 0.25) is 0 Å². The van der Waals surface area contributed by atoms with Crippen molar-refractivity contribution in [2.75, 3.05) is 13.2 Å². The van der Waals surface area contributed by atoms with Gasteiger partial charge < -0.3 is 14.6 Å². The van der Waals surface area contributed by atoms with Gasteiger partial charge in [-0.2, -0.15) is 0 Å².